The molecule has 3 aromatic rings. The Labute approximate surface area is 161 Å². The lowest BCUT2D eigenvalue weighted by Gasteiger charge is -2.42. The van der Waals surface area contributed by atoms with Crippen LogP contribution in [0.5, 0.6) is 5.75 Å². The topological polar surface area (TPSA) is 38.5 Å². The molecule has 3 heteroatoms. The van der Waals surface area contributed by atoms with Crippen molar-refractivity contribution in [1.29, 1.82) is 0 Å². The maximum Gasteiger partial charge on any atom is 0.136 e. The lowest BCUT2D eigenvalue weighted by Crippen LogP contribution is -2.45. The molecule has 1 saturated heterocycles. The number of likely N-dealkylation sites (tertiary alicyclic amines) is 1. The van der Waals surface area contributed by atoms with Crippen LogP contribution in [0.3, 0.4) is 0 Å². The number of hydrogen-bond donors (Lipinski definition) is 1. The number of nitrogens with two attached hydrogens (primary N) is 1. The Bertz CT molecular complexity index is 839. The monoisotopic (exact) mass is 358 g/mol. The third kappa shape index (κ3) is 4.15. The molecule has 2 N–H and O–H groups in total. The van der Waals surface area contributed by atoms with E-state index < -0.39 is 0 Å². The highest BCUT2D eigenvalue weighted by Crippen LogP contribution is 2.38. The van der Waals surface area contributed by atoms with Gasteiger partial charge in [0.2, 0.25) is 0 Å². The predicted octanol–water partition coefficient (Wildman–Crippen LogP) is 4.84. The molecular formula is C24H26N2O. The van der Waals surface area contributed by atoms with Crippen molar-refractivity contribution in [3.05, 3.63) is 96.1 Å². The van der Waals surface area contributed by atoms with E-state index in [9.17, 15) is 0 Å². The summed E-state index contributed by atoms with van der Waals surface area (Å²) in [4.78, 5) is 2.52. The summed E-state index contributed by atoms with van der Waals surface area (Å²) in [5, 5.41) is 0. The normalized spacial score (nSPS) is 16.7. The van der Waals surface area contributed by atoms with Crippen molar-refractivity contribution in [3.8, 4) is 5.75 Å². The number of hydrogen-bond acceptors (Lipinski definition) is 3. The van der Waals surface area contributed by atoms with E-state index in [1.54, 1.807) is 0 Å². The molecule has 0 aliphatic carbocycles. The van der Waals surface area contributed by atoms with Crippen molar-refractivity contribution >= 4 is 5.69 Å². The van der Waals surface area contributed by atoms with Crippen LogP contribution in [0.2, 0.25) is 0 Å². The second-order valence-corrected chi connectivity index (χ2v) is 7.29. The third-order valence-electron chi connectivity index (χ3n) is 5.41. The summed E-state index contributed by atoms with van der Waals surface area (Å²) in [6, 6.07) is 29.0. The Balaban J connectivity index is 1.53. The zero-order valence-corrected chi connectivity index (χ0v) is 15.6. The van der Waals surface area contributed by atoms with Crippen molar-refractivity contribution < 1.29 is 4.74 Å². The summed E-state index contributed by atoms with van der Waals surface area (Å²) in [5.74, 6) is 0.879. The van der Waals surface area contributed by atoms with Crippen LogP contribution in [0.25, 0.3) is 0 Å². The molecule has 138 valence electrons. The van der Waals surface area contributed by atoms with Crippen LogP contribution in [0, 0.1) is 0 Å². The minimum absolute atomic E-state index is 0.287. The first-order valence-corrected chi connectivity index (χ1v) is 9.60. The maximum absolute atomic E-state index is 6.60. The van der Waals surface area contributed by atoms with Crippen LogP contribution in [-0.2, 0) is 12.1 Å². The van der Waals surface area contributed by atoms with Crippen molar-refractivity contribution in [2.45, 2.75) is 25.0 Å². The first kappa shape index (κ1) is 17.6. The minimum atomic E-state index is -0.287. The van der Waals surface area contributed by atoms with Gasteiger partial charge in [-0.05, 0) is 35.4 Å². The van der Waals surface area contributed by atoms with Gasteiger partial charge in [-0.3, -0.25) is 4.90 Å². The van der Waals surface area contributed by atoms with E-state index in [0.717, 1.165) is 43.9 Å². The summed E-state index contributed by atoms with van der Waals surface area (Å²) in [6.07, 6.45) is 1.93. The van der Waals surface area contributed by atoms with Gasteiger partial charge in [0, 0.05) is 38.2 Å². The van der Waals surface area contributed by atoms with E-state index in [-0.39, 0.29) is 5.60 Å². The summed E-state index contributed by atoms with van der Waals surface area (Å²) in [7, 11) is 0. The van der Waals surface area contributed by atoms with Crippen molar-refractivity contribution in [1.82, 2.24) is 4.90 Å². The number of benzene rings is 3. The number of nitrogen functional groups attached to an aromatic ring is 1. The van der Waals surface area contributed by atoms with Crippen LogP contribution in [-0.4, -0.2) is 18.0 Å². The average Bonchev–Trinajstić information content (AvgIpc) is 2.73. The molecule has 0 radical (unpaired) electrons. The van der Waals surface area contributed by atoms with E-state index in [2.05, 4.69) is 65.6 Å². The van der Waals surface area contributed by atoms with Crippen LogP contribution in [0.4, 0.5) is 5.69 Å². The molecule has 0 saturated carbocycles. The molecule has 0 amide bonds. The molecule has 0 aromatic heterocycles. The molecular weight excluding hydrogens is 332 g/mol. The van der Waals surface area contributed by atoms with Crippen molar-refractivity contribution in [2.75, 3.05) is 18.8 Å². The molecule has 0 atom stereocenters. The standard InChI is InChI=1S/C24H26N2O/c25-22-11-13-23(14-12-22)27-24(21-9-5-2-6-10-21)15-17-26(18-16-24)19-20-7-3-1-4-8-20/h1-14H,15-19,25H2. The fourth-order valence-corrected chi connectivity index (χ4v) is 3.87. The molecule has 3 nitrogen and oxygen atoms in total. The van der Waals surface area contributed by atoms with Crippen LogP contribution < -0.4 is 10.5 Å². The first-order chi connectivity index (χ1) is 13.2. The Morgan fingerprint density at radius 2 is 1.37 bits per heavy atom. The Kier molecular flexibility index (Phi) is 5.12. The van der Waals surface area contributed by atoms with E-state index in [1.165, 1.54) is 11.1 Å². The molecule has 0 unspecified atom stereocenters. The predicted molar refractivity (Wildman–Crippen MR) is 111 cm³/mol. The highest BCUT2D eigenvalue weighted by molar-refractivity contribution is 5.42. The summed E-state index contributed by atoms with van der Waals surface area (Å²) in [5.41, 5.74) is 8.92. The van der Waals surface area contributed by atoms with E-state index in [1.807, 2.05) is 24.3 Å². The van der Waals surface area contributed by atoms with Gasteiger partial charge in [-0.25, -0.2) is 0 Å². The highest BCUT2D eigenvalue weighted by atomic mass is 16.5. The van der Waals surface area contributed by atoms with Gasteiger partial charge in [0.05, 0.1) is 0 Å². The molecule has 4 rings (SSSR count). The number of rotatable bonds is 5. The molecule has 0 bridgehead atoms. The first-order valence-electron chi connectivity index (χ1n) is 9.60. The SMILES string of the molecule is Nc1ccc(OC2(c3ccccc3)CCN(Cc3ccccc3)CC2)cc1. The molecule has 1 aliphatic heterocycles. The fraction of sp³-hybridized carbons (Fsp3) is 0.250. The Hall–Kier alpha value is -2.78. The zero-order chi connectivity index (χ0) is 18.5. The van der Waals surface area contributed by atoms with E-state index in [4.69, 9.17) is 10.5 Å². The lowest BCUT2D eigenvalue weighted by molar-refractivity contribution is -0.00494. The molecule has 1 fully saturated rings. The zero-order valence-electron chi connectivity index (χ0n) is 15.6. The van der Waals surface area contributed by atoms with Crippen molar-refractivity contribution in [3.63, 3.8) is 0 Å². The number of piperidine rings is 1. The van der Waals surface area contributed by atoms with Gasteiger partial charge in [0.25, 0.3) is 0 Å². The third-order valence-corrected chi connectivity index (χ3v) is 5.41. The highest BCUT2D eigenvalue weighted by Gasteiger charge is 2.38. The van der Waals surface area contributed by atoms with E-state index in [0.29, 0.717) is 0 Å². The average molecular weight is 358 g/mol. The summed E-state index contributed by atoms with van der Waals surface area (Å²) < 4.78 is 6.60. The lowest BCUT2D eigenvalue weighted by atomic mass is 9.84. The van der Waals surface area contributed by atoms with Gasteiger partial charge in [-0.15, -0.1) is 0 Å². The molecule has 27 heavy (non-hydrogen) atoms. The second-order valence-electron chi connectivity index (χ2n) is 7.29. The van der Waals surface area contributed by atoms with Gasteiger partial charge in [-0.1, -0.05) is 60.7 Å². The van der Waals surface area contributed by atoms with Gasteiger partial charge in [0.15, 0.2) is 0 Å². The van der Waals surface area contributed by atoms with Crippen LogP contribution in [0.15, 0.2) is 84.9 Å². The molecule has 3 aromatic carbocycles. The largest absolute Gasteiger partial charge is 0.482 e. The minimum Gasteiger partial charge on any atom is -0.482 e. The quantitative estimate of drug-likeness (QED) is 0.663. The smallest absolute Gasteiger partial charge is 0.136 e. The number of nitrogens with zero attached hydrogens (tertiary/aromatic N) is 1. The maximum atomic E-state index is 6.60. The van der Waals surface area contributed by atoms with Crippen molar-refractivity contribution in [2.24, 2.45) is 0 Å². The summed E-state index contributed by atoms with van der Waals surface area (Å²) in [6.45, 7) is 3.02. The van der Waals surface area contributed by atoms with Gasteiger partial charge in [-0.2, -0.15) is 0 Å². The fourth-order valence-electron chi connectivity index (χ4n) is 3.87. The molecule has 0 spiro atoms. The van der Waals surface area contributed by atoms with Crippen LogP contribution in [0.1, 0.15) is 24.0 Å². The van der Waals surface area contributed by atoms with Crippen LogP contribution >= 0.6 is 0 Å². The summed E-state index contributed by atoms with van der Waals surface area (Å²) >= 11 is 0. The number of ether oxygens (including phenoxy) is 1. The number of anilines is 1. The molecule has 1 aliphatic rings. The molecule has 1 heterocycles. The van der Waals surface area contributed by atoms with Gasteiger partial charge in [0.1, 0.15) is 11.4 Å². The Morgan fingerprint density at radius 1 is 0.778 bits per heavy atom. The van der Waals surface area contributed by atoms with Gasteiger partial charge >= 0.3 is 0 Å². The second kappa shape index (κ2) is 7.85. The Morgan fingerprint density at radius 3 is 2.00 bits per heavy atom. The van der Waals surface area contributed by atoms with E-state index >= 15 is 0 Å². The van der Waals surface area contributed by atoms with Gasteiger partial charge < -0.3 is 10.5 Å².